The van der Waals surface area contributed by atoms with Gasteiger partial charge in [0, 0.05) is 18.3 Å². The Morgan fingerprint density at radius 3 is 1.72 bits per heavy atom. The summed E-state index contributed by atoms with van der Waals surface area (Å²) < 4.78 is 10.7. The zero-order valence-corrected chi connectivity index (χ0v) is 23.5. The number of unbranched alkanes of at least 4 members (excludes halogenated alkanes) is 10. The zero-order chi connectivity index (χ0) is 20.0. The Morgan fingerprint density at radius 2 is 1.28 bits per heavy atom. The van der Waals surface area contributed by atoms with Crippen molar-refractivity contribution in [1.29, 1.82) is 0 Å². The van der Waals surface area contributed by atoms with Gasteiger partial charge in [-0.15, -0.1) is 0 Å². The van der Waals surface area contributed by atoms with E-state index in [-0.39, 0.29) is 65.0 Å². The first-order valence-electron chi connectivity index (χ1n) is 10.3. The summed E-state index contributed by atoms with van der Waals surface area (Å²) in [5.74, 6) is -0.0306. The summed E-state index contributed by atoms with van der Waals surface area (Å²) in [6, 6.07) is 6.37. The van der Waals surface area contributed by atoms with Gasteiger partial charge in [-0.2, -0.15) is 0 Å². The minimum Gasteiger partial charge on any atom is -0.810 e. The predicted molar refractivity (Wildman–Crippen MR) is 107 cm³/mol. The van der Waals surface area contributed by atoms with E-state index in [2.05, 4.69) is 12.2 Å². The molecular formula is C21H34NNa2O4P. The number of amides is 1. The number of anilines is 1. The molecule has 0 aliphatic rings. The Balaban J connectivity index is 0. The second-order valence-electron chi connectivity index (χ2n) is 7.30. The van der Waals surface area contributed by atoms with Crippen LogP contribution in [-0.2, 0) is 15.5 Å². The Kier molecular flexibility index (Phi) is 21.6. The molecule has 0 saturated heterocycles. The van der Waals surface area contributed by atoms with Gasteiger partial charge in [-0.05, 0) is 24.1 Å². The maximum Gasteiger partial charge on any atom is 1.00 e. The van der Waals surface area contributed by atoms with Gasteiger partial charge in [-0.25, -0.2) is 0 Å². The first kappa shape index (κ1) is 32.0. The van der Waals surface area contributed by atoms with Gasteiger partial charge in [0.1, 0.15) is 0 Å². The molecule has 5 nitrogen and oxygen atoms in total. The minimum absolute atomic E-state index is 0. The molecule has 1 aromatic carbocycles. The molecule has 0 aliphatic carbocycles. The van der Waals surface area contributed by atoms with Gasteiger partial charge >= 0.3 is 59.1 Å². The Hall–Kier alpha value is 0.840. The summed E-state index contributed by atoms with van der Waals surface area (Å²) >= 11 is 0. The van der Waals surface area contributed by atoms with Crippen molar-refractivity contribution in [2.45, 2.75) is 90.1 Å². The van der Waals surface area contributed by atoms with Crippen molar-refractivity contribution in [2.24, 2.45) is 0 Å². The van der Waals surface area contributed by atoms with Crippen molar-refractivity contribution < 1.29 is 78.3 Å². The monoisotopic (exact) mass is 441 g/mol. The van der Waals surface area contributed by atoms with Crippen molar-refractivity contribution >= 4 is 19.2 Å². The van der Waals surface area contributed by atoms with Crippen LogP contribution in [0.5, 0.6) is 0 Å². The molecule has 29 heavy (non-hydrogen) atoms. The van der Waals surface area contributed by atoms with Crippen molar-refractivity contribution in [2.75, 3.05) is 5.32 Å². The fourth-order valence-electron chi connectivity index (χ4n) is 3.09. The van der Waals surface area contributed by atoms with Gasteiger partial charge in [0.2, 0.25) is 5.91 Å². The Morgan fingerprint density at radius 1 is 0.828 bits per heavy atom. The topological polar surface area (TPSA) is 92.3 Å². The van der Waals surface area contributed by atoms with Gasteiger partial charge in [0.15, 0.2) is 0 Å². The Bertz CT molecular complexity index is 579. The van der Waals surface area contributed by atoms with E-state index in [1.807, 2.05) is 0 Å². The molecule has 1 rings (SSSR count). The van der Waals surface area contributed by atoms with Crippen LogP contribution in [0.3, 0.4) is 0 Å². The van der Waals surface area contributed by atoms with Crippen molar-refractivity contribution in [3.63, 3.8) is 0 Å². The molecule has 0 saturated carbocycles. The second kappa shape index (κ2) is 19.5. The number of rotatable bonds is 15. The summed E-state index contributed by atoms with van der Waals surface area (Å²) in [6.45, 7) is 2.24. The minimum atomic E-state index is -4.55. The second-order valence-corrected chi connectivity index (χ2v) is 8.84. The summed E-state index contributed by atoms with van der Waals surface area (Å²) in [4.78, 5) is 33.4. The number of hydrogen-bond donors (Lipinski definition) is 1. The predicted octanol–water partition coefficient (Wildman–Crippen LogP) is -1.25. The number of hydrogen-bond acceptors (Lipinski definition) is 4. The molecule has 0 aliphatic heterocycles. The maximum absolute atomic E-state index is 11.9. The van der Waals surface area contributed by atoms with Crippen LogP contribution in [0, 0.1) is 0 Å². The van der Waals surface area contributed by atoms with E-state index in [0.29, 0.717) is 17.7 Å². The number of carbonyl (C=O) groups is 1. The molecule has 0 aromatic heterocycles. The standard InChI is InChI=1S/C21H36NO4P.2Na/c1-2-3-4-5-6-7-8-9-10-11-12-13-21(23)22-20-16-14-19(15-17-20)18-27(24,25)26;;/h14-17H,2-13,18H2,1H3,(H,22,23)(H2,24,25,26);;/q;2*+1/p-2. The summed E-state index contributed by atoms with van der Waals surface area (Å²) in [5, 5.41) is 2.80. The van der Waals surface area contributed by atoms with E-state index >= 15 is 0 Å². The van der Waals surface area contributed by atoms with Crippen LogP contribution < -0.4 is 74.2 Å². The van der Waals surface area contributed by atoms with Gasteiger partial charge in [0.05, 0.1) is 0 Å². The third kappa shape index (κ3) is 19.3. The number of benzene rings is 1. The molecular weight excluding hydrogens is 407 g/mol. The molecule has 1 N–H and O–H groups in total. The first-order valence-corrected chi connectivity index (χ1v) is 12.0. The quantitative estimate of drug-likeness (QED) is 0.209. The van der Waals surface area contributed by atoms with E-state index in [1.165, 1.54) is 57.8 Å². The van der Waals surface area contributed by atoms with Gasteiger partial charge in [-0.3, -0.25) is 4.79 Å². The average Bonchev–Trinajstić information content (AvgIpc) is 2.60. The summed E-state index contributed by atoms with van der Waals surface area (Å²) in [7, 11) is -4.55. The third-order valence-corrected chi connectivity index (χ3v) is 5.37. The van der Waals surface area contributed by atoms with Crippen LogP contribution in [0.15, 0.2) is 24.3 Å². The molecule has 1 amide bonds. The van der Waals surface area contributed by atoms with E-state index in [9.17, 15) is 19.1 Å². The van der Waals surface area contributed by atoms with Crippen LogP contribution in [0.25, 0.3) is 0 Å². The summed E-state index contributed by atoms with van der Waals surface area (Å²) in [6.07, 6.45) is 13.7. The van der Waals surface area contributed by atoms with Crippen molar-refractivity contribution in [3.05, 3.63) is 29.8 Å². The van der Waals surface area contributed by atoms with Crippen molar-refractivity contribution in [3.8, 4) is 0 Å². The first-order chi connectivity index (χ1) is 12.9. The zero-order valence-electron chi connectivity index (χ0n) is 18.6. The fraction of sp³-hybridized carbons (Fsp3) is 0.667. The van der Waals surface area contributed by atoms with E-state index < -0.39 is 13.8 Å². The molecule has 0 heterocycles. The Labute approximate surface area is 220 Å². The van der Waals surface area contributed by atoms with E-state index in [4.69, 9.17) is 0 Å². The van der Waals surface area contributed by atoms with Crippen LogP contribution >= 0.6 is 7.60 Å². The largest absolute Gasteiger partial charge is 1.00 e. The van der Waals surface area contributed by atoms with Crippen molar-refractivity contribution in [1.82, 2.24) is 0 Å². The maximum atomic E-state index is 11.9. The number of nitrogens with one attached hydrogen (secondary N) is 1. The third-order valence-electron chi connectivity index (χ3n) is 4.62. The van der Waals surface area contributed by atoms with Crippen LogP contribution in [0.1, 0.15) is 89.5 Å². The van der Waals surface area contributed by atoms with E-state index in [0.717, 1.165) is 12.8 Å². The molecule has 0 atom stereocenters. The molecule has 0 fully saturated rings. The molecule has 0 radical (unpaired) electrons. The van der Waals surface area contributed by atoms with Crippen LogP contribution in [-0.4, -0.2) is 5.91 Å². The normalized spacial score (nSPS) is 10.7. The fourth-order valence-corrected chi connectivity index (χ4v) is 3.75. The number of carbonyl (C=O) groups excluding carboxylic acids is 1. The molecule has 0 spiro atoms. The summed E-state index contributed by atoms with van der Waals surface area (Å²) in [5.41, 5.74) is 1.06. The molecule has 154 valence electrons. The van der Waals surface area contributed by atoms with Gasteiger partial charge in [-0.1, -0.05) is 90.9 Å². The molecule has 0 unspecified atom stereocenters. The van der Waals surface area contributed by atoms with E-state index in [1.54, 1.807) is 24.3 Å². The average molecular weight is 441 g/mol. The smallest absolute Gasteiger partial charge is 0.810 e. The van der Waals surface area contributed by atoms with Gasteiger partial charge < -0.3 is 19.7 Å². The van der Waals surface area contributed by atoms with Crippen LogP contribution in [0.4, 0.5) is 5.69 Å². The SMILES string of the molecule is CCCCCCCCCCCCCC(=O)Nc1ccc(CP(=O)([O-])[O-])cc1.[Na+].[Na+]. The molecule has 0 bridgehead atoms. The van der Waals surface area contributed by atoms with Crippen LogP contribution in [0.2, 0.25) is 0 Å². The molecule has 8 heteroatoms. The van der Waals surface area contributed by atoms with Gasteiger partial charge in [0.25, 0.3) is 0 Å². The molecule has 1 aromatic rings.